The predicted molar refractivity (Wildman–Crippen MR) is 141 cm³/mol. The second-order valence-corrected chi connectivity index (χ2v) is 10.3. The van der Waals surface area contributed by atoms with Crippen molar-refractivity contribution < 1.29 is 9.18 Å². The normalized spacial score (nSPS) is 19.8. The monoisotopic (exact) mass is 509 g/mol. The molecule has 0 bridgehead atoms. The van der Waals surface area contributed by atoms with Gasteiger partial charge in [0.1, 0.15) is 15.8 Å². The van der Waals surface area contributed by atoms with Crippen molar-refractivity contribution in [2.75, 3.05) is 16.3 Å². The van der Waals surface area contributed by atoms with Crippen LogP contribution in [0.4, 0.5) is 15.8 Å². The number of anilines is 2. The summed E-state index contributed by atoms with van der Waals surface area (Å²) < 4.78 is 13.6. The van der Waals surface area contributed by atoms with Crippen LogP contribution in [0, 0.1) is 5.82 Å². The van der Waals surface area contributed by atoms with Crippen LogP contribution in [0.25, 0.3) is 0 Å². The van der Waals surface area contributed by atoms with Crippen LogP contribution in [0.3, 0.4) is 0 Å². The van der Waals surface area contributed by atoms with Crippen molar-refractivity contribution in [3.8, 4) is 0 Å². The summed E-state index contributed by atoms with van der Waals surface area (Å²) in [6, 6.07) is 21.5. The number of hydrogen-bond donors (Lipinski definition) is 0. The summed E-state index contributed by atoms with van der Waals surface area (Å²) in [7, 11) is 0. The van der Waals surface area contributed by atoms with Crippen molar-refractivity contribution in [3.05, 3.63) is 99.1 Å². The van der Waals surface area contributed by atoms with Crippen molar-refractivity contribution in [2.24, 2.45) is 4.99 Å². The number of amides is 1. The number of carbonyl (C=O) groups is 1. The zero-order chi connectivity index (χ0) is 23.8. The Morgan fingerprint density at radius 1 is 1.03 bits per heavy atom. The number of fused-ring (bicyclic) bond motifs is 1. The Kier molecular flexibility index (Phi) is 6.42. The number of nitrogens with zero attached hydrogens (tertiary/aromatic N) is 3. The third-order valence-corrected chi connectivity index (χ3v) is 8.22. The van der Waals surface area contributed by atoms with Gasteiger partial charge in [-0.2, -0.15) is 0 Å². The summed E-state index contributed by atoms with van der Waals surface area (Å²) in [4.78, 5) is 24.1. The Bertz CT molecular complexity index is 1310. The lowest BCUT2D eigenvalue weighted by Crippen LogP contribution is -2.30. The van der Waals surface area contributed by atoms with Crippen LogP contribution in [0.2, 0.25) is 5.02 Å². The van der Waals surface area contributed by atoms with Crippen molar-refractivity contribution in [1.82, 2.24) is 0 Å². The lowest BCUT2D eigenvalue weighted by molar-refractivity contribution is -0.113. The fourth-order valence-electron chi connectivity index (χ4n) is 3.92. The maximum absolute atomic E-state index is 13.8. The molecule has 0 spiro atoms. The first-order valence-electron chi connectivity index (χ1n) is 10.9. The van der Waals surface area contributed by atoms with Crippen LogP contribution in [0.15, 0.2) is 92.6 Å². The first kappa shape index (κ1) is 23.0. The van der Waals surface area contributed by atoms with Crippen molar-refractivity contribution >= 4 is 57.6 Å². The van der Waals surface area contributed by atoms with Crippen LogP contribution in [-0.4, -0.2) is 17.6 Å². The van der Waals surface area contributed by atoms with Gasteiger partial charge in [-0.15, -0.1) is 0 Å². The number of carbonyl (C=O) groups excluding carboxylic acids is 1. The minimum absolute atomic E-state index is 0.154. The molecule has 0 aliphatic carbocycles. The molecule has 34 heavy (non-hydrogen) atoms. The summed E-state index contributed by atoms with van der Waals surface area (Å²) in [6.45, 7) is 4.74. The number of halogens is 2. The molecule has 3 aromatic carbocycles. The van der Waals surface area contributed by atoms with E-state index in [1.165, 1.54) is 23.9 Å². The van der Waals surface area contributed by atoms with Gasteiger partial charge in [0.15, 0.2) is 5.17 Å². The molecule has 2 heterocycles. The molecule has 3 aromatic rings. The Morgan fingerprint density at radius 3 is 2.47 bits per heavy atom. The molecular weight excluding hydrogens is 489 g/mol. The van der Waals surface area contributed by atoms with Crippen molar-refractivity contribution in [3.63, 3.8) is 0 Å². The van der Waals surface area contributed by atoms with Gasteiger partial charge in [0.05, 0.1) is 17.4 Å². The van der Waals surface area contributed by atoms with E-state index >= 15 is 0 Å². The summed E-state index contributed by atoms with van der Waals surface area (Å²) in [5.74, 6) is -0.524. The summed E-state index contributed by atoms with van der Waals surface area (Å²) in [5, 5.41) is 2.09. The summed E-state index contributed by atoms with van der Waals surface area (Å²) >= 11 is 9.17. The smallest absolute Gasteiger partial charge is 0.274 e. The molecule has 1 atom stereocenters. The quantitative estimate of drug-likeness (QED) is 0.341. The van der Waals surface area contributed by atoms with E-state index in [2.05, 4.69) is 4.90 Å². The van der Waals surface area contributed by atoms with E-state index in [-0.39, 0.29) is 17.8 Å². The molecule has 1 fully saturated rings. The lowest BCUT2D eigenvalue weighted by atomic mass is 10.1. The van der Waals surface area contributed by atoms with E-state index in [9.17, 15) is 9.18 Å². The van der Waals surface area contributed by atoms with E-state index in [4.69, 9.17) is 16.6 Å². The Hall–Kier alpha value is -2.74. The second kappa shape index (κ2) is 9.49. The van der Waals surface area contributed by atoms with Gasteiger partial charge in [-0.25, -0.2) is 4.39 Å². The Labute approximate surface area is 211 Å². The second-order valence-electron chi connectivity index (χ2n) is 7.81. The first-order chi connectivity index (χ1) is 16.5. The van der Waals surface area contributed by atoms with Gasteiger partial charge < -0.3 is 4.90 Å². The van der Waals surface area contributed by atoms with E-state index < -0.39 is 0 Å². The third kappa shape index (κ3) is 4.24. The minimum Gasteiger partial charge on any atom is -0.334 e. The molecular formula is C26H21ClFN3OS2. The van der Waals surface area contributed by atoms with Crippen molar-refractivity contribution in [2.45, 2.75) is 24.8 Å². The van der Waals surface area contributed by atoms with E-state index in [0.29, 0.717) is 27.3 Å². The number of amidine groups is 1. The number of aliphatic imine (C=N–C) groups is 1. The molecule has 5 rings (SSSR count). The van der Waals surface area contributed by atoms with Crippen LogP contribution >= 0.6 is 35.1 Å². The number of benzene rings is 3. The highest BCUT2D eigenvalue weighted by atomic mass is 35.5. The standard InChI is InChI=1S/C26H21ClFN3OS2/c1-3-30-21-15-18(27)9-14-22(21)33-25(30)23-24(32)31(20-12-10-19(28)11-13-20)26(34-23)29-16(2)17-7-5-4-6-8-17/h4-16H,3H2,1-2H3/b25-23-,29-26?/t16-/m1/s1. The highest BCUT2D eigenvalue weighted by Crippen LogP contribution is 2.51. The van der Waals surface area contributed by atoms with Gasteiger partial charge in [0, 0.05) is 16.5 Å². The Morgan fingerprint density at radius 2 is 1.76 bits per heavy atom. The zero-order valence-electron chi connectivity index (χ0n) is 18.5. The molecule has 1 saturated heterocycles. The highest BCUT2D eigenvalue weighted by molar-refractivity contribution is 8.20. The van der Waals surface area contributed by atoms with Crippen LogP contribution < -0.4 is 9.80 Å². The van der Waals surface area contributed by atoms with Crippen molar-refractivity contribution in [1.29, 1.82) is 0 Å². The average Bonchev–Trinajstić information content (AvgIpc) is 3.36. The maximum atomic E-state index is 13.8. The van der Waals surface area contributed by atoms with E-state index in [1.807, 2.05) is 62.4 Å². The van der Waals surface area contributed by atoms with Gasteiger partial charge in [-0.1, -0.05) is 53.7 Å². The third-order valence-electron chi connectivity index (χ3n) is 5.63. The van der Waals surface area contributed by atoms with Crippen LogP contribution in [0.5, 0.6) is 0 Å². The van der Waals surface area contributed by atoms with Gasteiger partial charge >= 0.3 is 0 Å². The van der Waals surface area contributed by atoms with Crippen LogP contribution in [-0.2, 0) is 4.79 Å². The molecule has 4 nitrogen and oxygen atoms in total. The number of thioether (sulfide) groups is 2. The van der Waals surface area contributed by atoms with Gasteiger partial charge in [-0.05, 0) is 73.6 Å². The predicted octanol–water partition coefficient (Wildman–Crippen LogP) is 7.48. The molecule has 0 saturated carbocycles. The molecule has 0 aromatic heterocycles. The average molecular weight is 510 g/mol. The maximum Gasteiger partial charge on any atom is 0.274 e. The molecule has 2 aliphatic rings. The number of rotatable bonds is 4. The van der Waals surface area contributed by atoms with Gasteiger partial charge in [0.25, 0.3) is 5.91 Å². The minimum atomic E-state index is -0.353. The summed E-state index contributed by atoms with van der Waals surface area (Å²) in [6.07, 6.45) is 0. The first-order valence-corrected chi connectivity index (χ1v) is 12.9. The fraction of sp³-hybridized carbons (Fsp3) is 0.154. The molecule has 0 unspecified atom stereocenters. The largest absolute Gasteiger partial charge is 0.334 e. The summed E-state index contributed by atoms with van der Waals surface area (Å²) in [5.41, 5.74) is 2.63. The molecule has 2 aliphatic heterocycles. The fourth-order valence-corrected chi connectivity index (χ4v) is 6.52. The zero-order valence-corrected chi connectivity index (χ0v) is 20.9. The number of hydrogen-bond acceptors (Lipinski definition) is 5. The van der Waals surface area contributed by atoms with E-state index in [1.54, 1.807) is 28.8 Å². The van der Waals surface area contributed by atoms with Crippen LogP contribution in [0.1, 0.15) is 25.5 Å². The molecule has 0 N–H and O–H groups in total. The highest BCUT2D eigenvalue weighted by Gasteiger charge is 2.40. The molecule has 1 amide bonds. The van der Waals surface area contributed by atoms with Gasteiger partial charge in [-0.3, -0.25) is 14.7 Å². The van der Waals surface area contributed by atoms with E-state index in [0.717, 1.165) is 21.2 Å². The SMILES string of the molecule is CCN1/C(=C2/SC(=N[C@H](C)c3ccccc3)N(c3ccc(F)cc3)C2=O)Sc2ccc(Cl)cc21. The van der Waals surface area contributed by atoms with Gasteiger partial charge in [0.2, 0.25) is 0 Å². The molecule has 8 heteroatoms. The molecule has 0 radical (unpaired) electrons. The topological polar surface area (TPSA) is 35.9 Å². The lowest BCUT2D eigenvalue weighted by Gasteiger charge is -2.19. The Balaban J connectivity index is 1.60. The molecule has 172 valence electrons.